The lowest BCUT2D eigenvalue weighted by Gasteiger charge is -2.24. The minimum atomic E-state index is 0.161. The fourth-order valence-electron chi connectivity index (χ4n) is 1.49. The molecule has 2 unspecified atom stereocenters. The van der Waals surface area contributed by atoms with Gasteiger partial charge in [-0.15, -0.1) is 0 Å². The number of rotatable bonds is 5. The molecule has 1 saturated heterocycles. The highest BCUT2D eigenvalue weighted by Gasteiger charge is 2.16. The summed E-state index contributed by atoms with van der Waals surface area (Å²) < 4.78 is 0. The van der Waals surface area contributed by atoms with E-state index in [1.165, 1.54) is 0 Å². The Balaban J connectivity index is 2.14. The molecule has 0 radical (unpaired) electrons. The summed E-state index contributed by atoms with van der Waals surface area (Å²) in [5.41, 5.74) is 0. The van der Waals surface area contributed by atoms with Gasteiger partial charge in [0, 0.05) is 43.1 Å². The minimum absolute atomic E-state index is 0.161. The van der Waals surface area contributed by atoms with Crippen molar-refractivity contribution in [3.05, 3.63) is 0 Å². The van der Waals surface area contributed by atoms with Crippen LogP contribution in [0, 0.1) is 0 Å². The molecule has 1 rings (SSSR count). The quantitative estimate of drug-likeness (QED) is 0.724. The summed E-state index contributed by atoms with van der Waals surface area (Å²) in [7, 11) is 4.05. The molecular weight excluding hydrogens is 222 g/mol. The van der Waals surface area contributed by atoms with E-state index in [1.807, 2.05) is 25.9 Å². The molecule has 1 fully saturated rings. The number of likely N-dealkylation sites (N-methyl/N-ethyl adjacent to an activating group) is 1. The number of nitrogens with one attached hydrogen (secondary N) is 2. The molecule has 0 aromatic carbocycles. The van der Waals surface area contributed by atoms with Crippen LogP contribution in [0.25, 0.3) is 0 Å². The molecule has 16 heavy (non-hydrogen) atoms. The van der Waals surface area contributed by atoms with Gasteiger partial charge in [-0.3, -0.25) is 4.79 Å². The molecule has 5 heteroatoms. The Kier molecular flexibility index (Phi) is 6.16. The summed E-state index contributed by atoms with van der Waals surface area (Å²) in [6, 6.07) is 0.742. The van der Waals surface area contributed by atoms with Gasteiger partial charge in [0.1, 0.15) is 0 Å². The first-order valence-electron chi connectivity index (χ1n) is 5.84. The van der Waals surface area contributed by atoms with Crippen LogP contribution in [0.5, 0.6) is 0 Å². The van der Waals surface area contributed by atoms with Gasteiger partial charge < -0.3 is 15.5 Å². The molecule has 0 aromatic rings. The molecule has 0 aromatic heterocycles. The molecule has 1 aliphatic heterocycles. The van der Waals surface area contributed by atoms with Gasteiger partial charge in [0.25, 0.3) is 0 Å². The van der Waals surface area contributed by atoms with Gasteiger partial charge in [0.15, 0.2) is 0 Å². The molecule has 94 valence electrons. The van der Waals surface area contributed by atoms with E-state index < -0.39 is 0 Å². The van der Waals surface area contributed by atoms with E-state index in [2.05, 4.69) is 22.5 Å². The number of hydrogen-bond acceptors (Lipinski definition) is 4. The third kappa shape index (κ3) is 5.18. The fourth-order valence-corrected chi connectivity index (χ4v) is 2.44. The Bertz CT molecular complexity index is 217. The van der Waals surface area contributed by atoms with E-state index in [0.29, 0.717) is 18.5 Å². The van der Waals surface area contributed by atoms with Crippen molar-refractivity contribution in [3.8, 4) is 0 Å². The van der Waals surface area contributed by atoms with Gasteiger partial charge in [-0.2, -0.15) is 11.8 Å². The van der Waals surface area contributed by atoms with Crippen molar-refractivity contribution in [2.75, 3.05) is 38.7 Å². The van der Waals surface area contributed by atoms with Crippen LogP contribution in [0.1, 0.15) is 13.3 Å². The SMILES string of the molecule is CC(CNC(=O)CC1CSCCN1)N(C)C. The summed E-state index contributed by atoms with van der Waals surface area (Å²) in [6.45, 7) is 3.86. The van der Waals surface area contributed by atoms with Gasteiger partial charge in [0.2, 0.25) is 5.91 Å². The topological polar surface area (TPSA) is 44.4 Å². The second kappa shape index (κ2) is 7.14. The minimum Gasteiger partial charge on any atom is -0.354 e. The first kappa shape index (κ1) is 13.8. The first-order chi connectivity index (χ1) is 7.59. The molecule has 0 saturated carbocycles. The number of thioether (sulfide) groups is 1. The molecule has 1 amide bonds. The predicted octanol–water partition coefficient (Wildman–Crippen LogP) is 0.148. The number of nitrogens with zero attached hydrogens (tertiary/aromatic N) is 1. The number of carbonyl (C=O) groups is 1. The molecule has 2 N–H and O–H groups in total. The van der Waals surface area contributed by atoms with E-state index in [4.69, 9.17) is 0 Å². The molecule has 1 heterocycles. The van der Waals surface area contributed by atoms with Crippen LogP contribution < -0.4 is 10.6 Å². The Labute approximate surface area is 103 Å². The van der Waals surface area contributed by atoms with E-state index in [-0.39, 0.29) is 5.91 Å². The monoisotopic (exact) mass is 245 g/mol. The van der Waals surface area contributed by atoms with Gasteiger partial charge in [-0.25, -0.2) is 0 Å². The van der Waals surface area contributed by atoms with Gasteiger partial charge in [0.05, 0.1) is 0 Å². The van der Waals surface area contributed by atoms with Gasteiger partial charge >= 0.3 is 0 Å². The zero-order chi connectivity index (χ0) is 12.0. The van der Waals surface area contributed by atoms with Crippen LogP contribution in [0.2, 0.25) is 0 Å². The lowest BCUT2D eigenvalue weighted by Crippen LogP contribution is -2.43. The maximum atomic E-state index is 11.7. The van der Waals surface area contributed by atoms with Gasteiger partial charge in [-0.1, -0.05) is 0 Å². The second-order valence-electron chi connectivity index (χ2n) is 4.55. The van der Waals surface area contributed by atoms with Gasteiger partial charge in [-0.05, 0) is 21.0 Å². The Morgan fingerprint density at radius 2 is 2.38 bits per heavy atom. The molecule has 2 atom stereocenters. The normalized spacial score (nSPS) is 23.1. The van der Waals surface area contributed by atoms with Crippen molar-refractivity contribution in [3.63, 3.8) is 0 Å². The van der Waals surface area contributed by atoms with Crippen LogP contribution in [-0.2, 0) is 4.79 Å². The van der Waals surface area contributed by atoms with E-state index >= 15 is 0 Å². The Morgan fingerprint density at radius 1 is 1.62 bits per heavy atom. The predicted molar refractivity (Wildman–Crippen MR) is 69.9 cm³/mol. The summed E-state index contributed by atoms with van der Waals surface area (Å²) in [6.07, 6.45) is 0.604. The fraction of sp³-hybridized carbons (Fsp3) is 0.909. The maximum absolute atomic E-state index is 11.7. The Morgan fingerprint density at radius 3 is 2.94 bits per heavy atom. The standard InChI is InChI=1S/C11H23N3OS/c1-9(14(2)3)7-13-11(15)6-10-8-16-5-4-12-10/h9-10,12H,4-8H2,1-3H3,(H,13,15). The summed E-state index contributed by atoms with van der Waals surface area (Å²) in [5, 5.41) is 6.35. The summed E-state index contributed by atoms with van der Waals surface area (Å²) >= 11 is 1.92. The van der Waals surface area contributed by atoms with Crippen molar-refractivity contribution < 1.29 is 4.79 Å². The average Bonchev–Trinajstić information content (AvgIpc) is 2.27. The molecule has 0 bridgehead atoms. The van der Waals surface area contributed by atoms with E-state index in [1.54, 1.807) is 0 Å². The van der Waals surface area contributed by atoms with Crippen LogP contribution in [0.15, 0.2) is 0 Å². The highest BCUT2D eigenvalue weighted by atomic mass is 32.2. The summed E-state index contributed by atoms with van der Waals surface area (Å²) in [5.74, 6) is 2.38. The third-order valence-corrected chi connectivity index (χ3v) is 4.04. The van der Waals surface area contributed by atoms with Crippen LogP contribution in [-0.4, -0.2) is 61.6 Å². The third-order valence-electron chi connectivity index (χ3n) is 2.91. The average molecular weight is 245 g/mol. The van der Waals surface area contributed by atoms with E-state index in [9.17, 15) is 4.79 Å². The first-order valence-corrected chi connectivity index (χ1v) is 6.99. The van der Waals surface area contributed by atoms with Crippen LogP contribution in [0.4, 0.5) is 0 Å². The molecule has 1 aliphatic rings. The van der Waals surface area contributed by atoms with Crippen molar-refractivity contribution in [1.82, 2.24) is 15.5 Å². The van der Waals surface area contributed by atoms with Crippen LogP contribution in [0.3, 0.4) is 0 Å². The second-order valence-corrected chi connectivity index (χ2v) is 5.70. The lowest BCUT2D eigenvalue weighted by atomic mass is 10.2. The zero-order valence-electron chi connectivity index (χ0n) is 10.5. The zero-order valence-corrected chi connectivity index (χ0v) is 11.3. The Hall–Kier alpha value is -0.260. The number of carbonyl (C=O) groups excluding carboxylic acids is 1. The summed E-state index contributed by atoms with van der Waals surface area (Å²) in [4.78, 5) is 13.8. The van der Waals surface area contributed by atoms with Crippen molar-refractivity contribution in [1.29, 1.82) is 0 Å². The number of hydrogen-bond donors (Lipinski definition) is 2. The molecule has 0 spiro atoms. The van der Waals surface area contributed by atoms with Crippen molar-refractivity contribution in [2.45, 2.75) is 25.4 Å². The maximum Gasteiger partial charge on any atom is 0.221 e. The van der Waals surface area contributed by atoms with E-state index in [0.717, 1.165) is 24.6 Å². The van der Waals surface area contributed by atoms with Crippen molar-refractivity contribution >= 4 is 17.7 Å². The molecule has 0 aliphatic carbocycles. The molecule has 4 nitrogen and oxygen atoms in total. The smallest absolute Gasteiger partial charge is 0.221 e. The van der Waals surface area contributed by atoms with Crippen LogP contribution >= 0.6 is 11.8 Å². The highest BCUT2D eigenvalue weighted by molar-refractivity contribution is 7.99. The largest absolute Gasteiger partial charge is 0.354 e. The number of amides is 1. The lowest BCUT2D eigenvalue weighted by molar-refractivity contribution is -0.121. The molecular formula is C11H23N3OS. The highest BCUT2D eigenvalue weighted by Crippen LogP contribution is 2.09. The van der Waals surface area contributed by atoms with Crippen molar-refractivity contribution in [2.24, 2.45) is 0 Å².